The molecule has 4 N–H and O–H groups in total. The fourth-order valence-corrected chi connectivity index (χ4v) is 1.43. The van der Waals surface area contributed by atoms with Crippen LogP contribution in [0.1, 0.15) is 30.6 Å². The molecule has 0 radical (unpaired) electrons. The fraction of sp³-hybridized carbons (Fsp3) is 0.385. The molecule has 0 aliphatic carbocycles. The maximum Gasteiger partial charge on any atom is 0.311 e. The predicted octanol–water partition coefficient (Wildman–Crippen LogP) is 1.33. The molecule has 0 fully saturated rings. The number of carbonyl (C=O) groups excluding carboxylic acids is 1. The van der Waals surface area contributed by atoms with Gasteiger partial charge in [-0.3, -0.25) is 9.59 Å². The largest absolute Gasteiger partial charge is 0.508 e. The van der Waals surface area contributed by atoms with E-state index in [1.807, 2.05) is 0 Å². The number of nitrogens with one attached hydrogen (secondary N) is 1. The maximum absolute atomic E-state index is 11.8. The molecule has 6 heteroatoms. The van der Waals surface area contributed by atoms with Crippen molar-refractivity contribution in [2.75, 3.05) is 6.54 Å². The molecule has 1 rings (SSSR count). The van der Waals surface area contributed by atoms with E-state index in [1.165, 1.54) is 19.1 Å². The highest BCUT2D eigenvalue weighted by atomic mass is 16.4. The van der Waals surface area contributed by atoms with Crippen molar-refractivity contribution in [3.8, 4) is 11.5 Å². The van der Waals surface area contributed by atoms with Crippen LogP contribution in [-0.2, 0) is 4.79 Å². The number of rotatable bonds is 5. The number of aromatic hydroxyl groups is 2. The average Bonchev–Trinajstić information content (AvgIpc) is 2.35. The van der Waals surface area contributed by atoms with Crippen molar-refractivity contribution in [3.05, 3.63) is 23.8 Å². The first-order valence-electron chi connectivity index (χ1n) is 5.83. The number of phenolic OH excluding ortho intramolecular Hbond substituents is 2. The van der Waals surface area contributed by atoms with Gasteiger partial charge in [0.2, 0.25) is 0 Å². The zero-order valence-corrected chi connectivity index (χ0v) is 10.8. The number of carbonyl (C=O) groups is 2. The highest BCUT2D eigenvalue weighted by Gasteiger charge is 2.31. The van der Waals surface area contributed by atoms with Crippen LogP contribution >= 0.6 is 0 Å². The number of phenols is 2. The molecule has 6 nitrogen and oxygen atoms in total. The monoisotopic (exact) mass is 267 g/mol. The second kappa shape index (κ2) is 5.60. The van der Waals surface area contributed by atoms with Crippen molar-refractivity contribution >= 4 is 11.9 Å². The highest BCUT2D eigenvalue weighted by Crippen LogP contribution is 2.23. The third-order valence-electron chi connectivity index (χ3n) is 3.16. The highest BCUT2D eigenvalue weighted by molar-refractivity contribution is 5.97. The van der Waals surface area contributed by atoms with E-state index in [4.69, 9.17) is 10.2 Å². The summed E-state index contributed by atoms with van der Waals surface area (Å²) in [4.78, 5) is 22.9. The predicted molar refractivity (Wildman–Crippen MR) is 68.1 cm³/mol. The third kappa shape index (κ3) is 3.37. The lowest BCUT2D eigenvalue weighted by Gasteiger charge is -2.23. The molecule has 0 bridgehead atoms. The summed E-state index contributed by atoms with van der Waals surface area (Å²) in [5.74, 6) is -2.09. The number of benzene rings is 1. The molecule has 0 aliphatic heterocycles. The van der Waals surface area contributed by atoms with E-state index in [0.29, 0.717) is 6.42 Å². The molecule has 0 saturated heterocycles. The van der Waals surface area contributed by atoms with Crippen molar-refractivity contribution in [3.63, 3.8) is 0 Å². The van der Waals surface area contributed by atoms with Crippen molar-refractivity contribution in [1.82, 2.24) is 5.32 Å². The van der Waals surface area contributed by atoms with Gasteiger partial charge in [0, 0.05) is 12.6 Å². The molecule has 104 valence electrons. The summed E-state index contributed by atoms with van der Waals surface area (Å²) in [5, 5.41) is 30.2. The number of carboxylic acid groups (broad SMARTS) is 1. The minimum absolute atomic E-state index is 0.0124. The number of carboxylic acids is 1. The van der Waals surface area contributed by atoms with Crippen LogP contribution in [0.5, 0.6) is 11.5 Å². The van der Waals surface area contributed by atoms with Gasteiger partial charge >= 0.3 is 5.97 Å². The Hall–Kier alpha value is -2.24. The van der Waals surface area contributed by atoms with E-state index < -0.39 is 17.3 Å². The first-order valence-corrected chi connectivity index (χ1v) is 5.83. The van der Waals surface area contributed by atoms with Gasteiger partial charge in [-0.05, 0) is 25.5 Å². The Morgan fingerprint density at radius 2 is 1.95 bits per heavy atom. The lowest BCUT2D eigenvalue weighted by atomic mass is 9.87. The Balaban J connectivity index is 2.78. The zero-order valence-electron chi connectivity index (χ0n) is 10.8. The molecule has 0 spiro atoms. The Kier molecular flexibility index (Phi) is 4.37. The third-order valence-corrected chi connectivity index (χ3v) is 3.16. The van der Waals surface area contributed by atoms with Crippen LogP contribution < -0.4 is 5.32 Å². The average molecular weight is 267 g/mol. The smallest absolute Gasteiger partial charge is 0.311 e. The second-order valence-electron chi connectivity index (χ2n) is 4.60. The summed E-state index contributed by atoms with van der Waals surface area (Å²) >= 11 is 0. The van der Waals surface area contributed by atoms with Crippen LogP contribution in [0.2, 0.25) is 0 Å². The molecule has 0 saturated carbocycles. The zero-order chi connectivity index (χ0) is 14.6. The molecule has 0 aliphatic rings. The first kappa shape index (κ1) is 14.8. The molecule has 0 aromatic heterocycles. The van der Waals surface area contributed by atoms with Crippen LogP contribution in [0.3, 0.4) is 0 Å². The van der Waals surface area contributed by atoms with Crippen LogP contribution in [0.15, 0.2) is 18.2 Å². The summed E-state index contributed by atoms with van der Waals surface area (Å²) in [5.41, 5.74) is -1.07. The van der Waals surface area contributed by atoms with Crippen LogP contribution in [0.4, 0.5) is 0 Å². The minimum Gasteiger partial charge on any atom is -0.508 e. The Labute approximate surface area is 110 Å². The summed E-state index contributed by atoms with van der Waals surface area (Å²) in [6.07, 6.45) is 0.365. The molecular weight excluding hydrogens is 250 g/mol. The van der Waals surface area contributed by atoms with E-state index >= 15 is 0 Å². The van der Waals surface area contributed by atoms with Crippen LogP contribution in [-0.4, -0.2) is 33.7 Å². The van der Waals surface area contributed by atoms with Gasteiger partial charge in [0.05, 0.1) is 11.0 Å². The summed E-state index contributed by atoms with van der Waals surface area (Å²) in [6.45, 7) is 3.21. The lowest BCUT2D eigenvalue weighted by molar-refractivity contribution is -0.147. The van der Waals surface area contributed by atoms with Crippen LogP contribution in [0.25, 0.3) is 0 Å². The molecule has 1 aromatic rings. The van der Waals surface area contributed by atoms with E-state index in [2.05, 4.69) is 5.32 Å². The van der Waals surface area contributed by atoms with Gasteiger partial charge in [0.1, 0.15) is 11.5 Å². The van der Waals surface area contributed by atoms with Gasteiger partial charge in [-0.15, -0.1) is 0 Å². The van der Waals surface area contributed by atoms with Gasteiger partial charge in [-0.2, -0.15) is 0 Å². The standard InChI is InChI=1S/C13H17NO5/c1-3-13(2,12(18)19)7-14-11(17)9-5-4-8(15)6-10(9)16/h4-6,15-16H,3,7H2,1-2H3,(H,14,17)(H,18,19). The SMILES string of the molecule is CCC(C)(CNC(=O)c1ccc(O)cc1O)C(=O)O. The molecule has 19 heavy (non-hydrogen) atoms. The van der Waals surface area contributed by atoms with Gasteiger partial charge < -0.3 is 20.6 Å². The van der Waals surface area contributed by atoms with Gasteiger partial charge in [-0.1, -0.05) is 6.92 Å². The van der Waals surface area contributed by atoms with E-state index in [1.54, 1.807) is 6.92 Å². The van der Waals surface area contributed by atoms with Gasteiger partial charge in [0.25, 0.3) is 5.91 Å². The van der Waals surface area contributed by atoms with Crippen molar-refractivity contribution in [1.29, 1.82) is 0 Å². The number of aliphatic carboxylic acids is 1. The Bertz CT molecular complexity index is 500. The maximum atomic E-state index is 11.8. The van der Waals surface area contributed by atoms with Gasteiger partial charge in [0.15, 0.2) is 0 Å². The normalized spacial score (nSPS) is 13.6. The second-order valence-corrected chi connectivity index (χ2v) is 4.60. The Morgan fingerprint density at radius 3 is 2.42 bits per heavy atom. The van der Waals surface area contributed by atoms with Crippen LogP contribution in [0, 0.1) is 5.41 Å². The van der Waals surface area contributed by atoms with E-state index in [9.17, 15) is 14.7 Å². The van der Waals surface area contributed by atoms with E-state index in [0.717, 1.165) is 6.07 Å². The van der Waals surface area contributed by atoms with E-state index in [-0.39, 0.29) is 23.6 Å². The molecule has 0 heterocycles. The molecule has 1 unspecified atom stereocenters. The molecule has 1 aromatic carbocycles. The molecule has 1 amide bonds. The van der Waals surface area contributed by atoms with Crippen molar-refractivity contribution < 1.29 is 24.9 Å². The number of amides is 1. The van der Waals surface area contributed by atoms with Gasteiger partial charge in [-0.25, -0.2) is 0 Å². The summed E-state index contributed by atoms with van der Waals surface area (Å²) in [7, 11) is 0. The fourth-order valence-electron chi connectivity index (χ4n) is 1.43. The summed E-state index contributed by atoms with van der Waals surface area (Å²) in [6, 6.07) is 3.58. The summed E-state index contributed by atoms with van der Waals surface area (Å²) < 4.78 is 0. The number of hydrogen-bond donors (Lipinski definition) is 4. The Morgan fingerprint density at radius 1 is 1.32 bits per heavy atom. The first-order chi connectivity index (χ1) is 8.80. The quantitative estimate of drug-likeness (QED) is 0.644. The van der Waals surface area contributed by atoms with Crippen molar-refractivity contribution in [2.24, 2.45) is 5.41 Å². The minimum atomic E-state index is -1.05. The molecule has 1 atom stereocenters. The molecular formula is C13H17NO5. The number of hydrogen-bond acceptors (Lipinski definition) is 4. The topological polar surface area (TPSA) is 107 Å². The lowest BCUT2D eigenvalue weighted by Crippen LogP contribution is -2.40. The van der Waals surface area contributed by atoms with Crippen molar-refractivity contribution in [2.45, 2.75) is 20.3 Å².